The standard InChI is InChI=1S/C18H34N4O/c1-8-19-16(20-11-9-10-17(2,3)4)22-13-15-21-12-14(23-15)18(5,6)7/h12H,8-11,13H2,1-7H3,(H2,19,20,22). The van der Waals surface area contributed by atoms with Crippen molar-refractivity contribution in [3.8, 4) is 0 Å². The first-order valence-corrected chi connectivity index (χ1v) is 8.59. The lowest BCUT2D eigenvalue weighted by Gasteiger charge is -2.18. The molecule has 132 valence electrons. The number of nitrogens with one attached hydrogen (secondary N) is 2. The van der Waals surface area contributed by atoms with Gasteiger partial charge in [0, 0.05) is 18.5 Å². The molecular weight excluding hydrogens is 288 g/mol. The maximum Gasteiger partial charge on any atom is 0.216 e. The number of oxazole rings is 1. The van der Waals surface area contributed by atoms with Gasteiger partial charge in [-0.05, 0) is 25.2 Å². The fourth-order valence-electron chi connectivity index (χ4n) is 2.04. The fraction of sp³-hybridized carbons (Fsp3) is 0.778. The summed E-state index contributed by atoms with van der Waals surface area (Å²) in [6.45, 7) is 17.4. The van der Waals surface area contributed by atoms with Crippen molar-refractivity contribution in [3.63, 3.8) is 0 Å². The van der Waals surface area contributed by atoms with Gasteiger partial charge in [0.1, 0.15) is 12.3 Å². The Labute approximate surface area is 141 Å². The van der Waals surface area contributed by atoms with Crippen LogP contribution in [-0.4, -0.2) is 24.0 Å². The maximum absolute atomic E-state index is 5.77. The van der Waals surface area contributed by atoms with Crippen molar-refractivity contribution in [2.75, 3.05) is 13.1 Å². The van der Waals surface area contributed by atoms with Crippen LogP contribution in [0.2, 0.25) is 0 Å². The molecule has 0 unspecified atom stereocenters. The Bertz CT molecular complexity index is 492. The van der Waals surface area contributed by atoms with Gasteiger partial charge in [-0.1, -0.05) is 41.5 Å². The van der Waals surface area contributed by atoms with Gasteiger partial charge in [0.2, 0.25) is 5.89 Å². The van der Waals surface area contributed by atoms with Crippen molar-refractivity contribution >= 4 is 5.96 Å². The summed E-state index contributed by atoms with van der Waals surface area (Å²) < 4.78 is 5.77. The minimum atomic E-state index is -0.0231. The van der Waals surface area contributed by atoms with Gasteiger partial charge in [0.15, 0.2) is 5.96 Å². The quantitative estimate of drug-likeness (QED) is 0.474. The lowest BCUT2D eigenvalue weighted by Crippen LogP contribution is -2.38. The smallest absolute Gasteiger partial charge is 0.216 e. The molecule has 0 fully saturated rings. The molecule has 23 heavy (non-hydrogen) atoms. The largest absolute Gasteiger partial charge is 0.443 e. The van der Waals surface area contributed by atoms with Crippen molar-refractivity contribution in [1.29, 1.82) is 0 Å². The second-order valence-corrected chi connectivity index (χ2v) is 8.15. The summed E-state index contributed by atoms with van der Waals surface area (Å²) in [6.07, 6.45) is 4.11. The van der Waals surface area contributed by atoms with Gasteiger partial charge in [-0.25, -0.2) is 9.98 Å². The fourth-order valence-corrected chi connectivity index (χ4v) is 2.04. The van der Waals surface area contributed by atoms with Crippen LogP contribution in [0.1, 0.15) is 73.0 Å². The summed E-state index contributed by atoms with van der Waals surface area (Å²) in [6, 6.07) is 0. The van der Waals surface area contributed by atoms with Gasteiger partial charge in [-0.3, -0.25) is 0 Å². The van der Waals surface area contributed by atoms with Crippen LogP contribution in [0.3, 0.4) is 0 Å². The first-order valence-electron chi connectivity index (χ1n) is 8.59. The molecule has 0 atom stereocenters. The SMILES string of the molecule is CCNC(=NCc1ncc(C(C)(C)C)o1)NCCCC(C)(C)C. The molecule has 0 spiro atoms. The zero-order chi connectivity index (χ0) is 17.5. The number of hydrogen-bond acceptors (Lipinski definition) is 3. The zero-order valence-electron chi connectivity index (χ0n) is 15.9. The molecule has 0 aliphatic carbocycles. The number of aliphatic imine (C=N–C) groups is 1. The van der Waals surface area contributed by atoms with Gasteiger partial charge < -0.3 is 15.1 Å². The third-order valence-corrected chi connectivity index (χ3v) is 3.41. The Morgan fingerprint density at radius 2 is 1.87 bits per heavy atom. The Hall–Kier alpha value is -1.52. The number of rotatable bonds is 6. The lowest BCUT2D eigenvalue weighted by atomic mass is 9.91. The molecule has 0 aliphatic heterocycles. The van der Waals surface area contributed by atoms with Gasteiger partial charge in [-0.15, -0.1) is 0 Å². The molecule has 0 aliphatic rings. The Morgan fingerprint density at radius 1 is 1.17 bits per heavy atom. The van der Waals surface area contributed by atoms with Gasteiger partial charge >= 0.3 is 0 Å². The zero-order valence-corrected chi connectivity index (χ0v) is 15.9. The second-order valence-electron chi connectivity index (χ2n) is 8.15. The Balaban J connectivity index is 2.53. The average Bonchev–Trinajstić information content (AvgIpc) is 2.88. The highest BCUT2D eigenvalue weighted by Gasteiger charge is 2.19. The molecule has 0 amide bonds. The molecule has 5 heteroatoms. The molecule has 0 radical (unpaired) electrons. The van der Waals surface area contributed by atoms with E-state index < -0.39 is 0 Å². The van der Waals surface area contributed by atoms with Crippen LogP contribution in [0.4, 0.5) is 0 Å². The third-order valence-electron chi connectivity index (χ3n) is 3.41. The number of nitrogens with zero attached hydrogens (tertiary/aromatic N) is 2. The molecule has 1 aromatic rings. The molecule has 2 N–H and O–H groups in total. The van der Waals surface area contributed by atoms with Crippen molar-refractivity contribution < 1.29 is 4.42 Å². The van der Waals surface area contributed by atoms with Crippen LogP contribution in [-0.2, 0) is 12.0 Å². The van der Waals surface area contributed by atoms with Gasteiger partial charge in [-0.2, -0.15) is 0 Å². The van der Waals surface area contributed by atoms with Crippen LogP contribution >= 0.6 is 0 Å². The van der Waals surface area contributed by atoms with Crippen molar-refractivity contribution in [2.45, 2.75) is 73.3 Å². The van der Waals surface area contributed by atoms with E-state index >= 15 is 0 Å². The van der Waals surface area contributed by atoms with E-state index in [-0.39, 0.29) is 5.41 Å². The first-order chi connectivity index (χ1) is 10.6. The number of hydrogen-bond donors (Lipinski definition) is 2. The summed E-state index contributed by atoms with van der Waals surface area (Å²) in [5.41, 5.74) is 0.350. The van der Waals surface area contributed by atoms with E-state index in [9.17, 15) is 0 Å². The second kappa shape index (κ2) is 8.37. The average molecular weight is 322 g/mol. The normalized spacial score (nSPS) is 13.3. The predicted molar refractivity (Wildman–Crippen MR) is 96.7 cm³/mol. The summed E-state index contributed by atoms with van der Waals surface area (Å²) >= 11 is 0. The van der Waals surface area contributed by atoms with E-state index in [0.717, 1.165) is 31.2 Å². The highest BCUT2D eigenvalue weighted by molar-refractivity contribution is 5.79. The van der Waals surface area contributed by atoms with E-state index in [0.29, 0.717) is 17.9 Å². The minimum absolute atomic E-state index is 0.0231. The number of aromatic nitrogens is 1. The van der Waals surface area contributed by atoms with Gasteiger partial charge in [0.25, 0.3) is 0 Å². The highest BCUT2D eigenvalue weighted by atomic mass is 16.4. The van der Waals surface area contributed by atoms with Crippen molar-refractivity contribution in [2.24, 2.45) is 10.4 Å². The van der Waals surface area contributed by atoms with Crippen molar-refractivity contribution in [3.05, 3.63) is 17.8 Å². The first kappa shape index (κ1) is 19.5. The molecule has 0 saturated heterocycles. The maximum atomic E-state index is 5.77. The molecule has 0 aromatic carbocycles. The summed E-state index contributed by atoms with van der Waals surface area (Å²) in [7, 11) is 0. The topological polar surface area (TPSA) is 62.5 Å². The lowest BCUT2D eigenvalue weighted by molar-refractivity contribution is 0.365. The van der Waals surface area contributed by atoms with Crippen LogP contribution < -0.4 is 10.6 Å². The summed E-state index contributed by atoms with van der Waals surface area (Å²) in [5, 5.41) is 6.63. The molecule has 1 rings (SSSR count). The molecular formula is C18H34N4O. The Kier molecular flexibility index (Phi) is 7.10. The molecule has 1 aromatic heterocycles. The molecule has 0 saturated carbocycles. The third kappa shape index (κ3) is 8.05. The number of guanidine groups is 1. The Morgan fingerprint density at radius 3 is 2.39 bits per heavy atom. The van der Waals surface area contributed by atoms with E-state index in [1.807, 2.05) is 0 Å². The van der Waals surface area contributed by atoms with Gasteiger partial charge in [0.05, 0.1) is 6.20 Å². The molecule has 0 bridgehead atoms. The van der Waals surface area contributed by atoms with Crippen LogP contribution in [0.15, 0.2) is 15.6 Å². The molecule has 5 nitrogen and oxygen atoms in total. The minimum Gasteiger partial charge on any atom is -0.443 e. The highest BCUT2D eigenvalue weighted by Crippen LogP contribution is 2.22. The van der Waals surface area contributed by atoms with Crippen LogP contribution in [0.25, 0.3) is 0 Å². The summed E-state index contributed by atoms with van der Waals surface area (Å²) in [4.78, 5) is 8.87. The molecule has 1 heterocycles. The monoisotopic (exact) mass is 322 g/mol. The van der Waals surface area contributed by atoms with E-state index in [2.05, 4.69) is 69.1 Å². The van der Waals surface area contributed by atoms with E-state index in [1.165, 1.54) is 6.42 Å². The van der Waals surface area contributed by atoms with E-state index in [4.69, 9.17) is 4.42 Å². The summed E-state index contributed by atoms with van der Waals surface area (Å²) in [5.74, 6) is 2.37. The van der Waals surface area contributed by atoms with Crippen LogP contribution in [0, 0.1) is 5.41 Å². The van der Waals surface area contributed by atoms with Crippen LogP contribution in [0.5, 0.6) is 0 Å². The van der Waals surface area contributed by atoms with E-state index in [1.54, 1.807) is 6.20 Å². The van der Waals surface area contributed by atoms with Crippen molar-refractivity contribution in [1.82, 2.24) is 15.6 Å². The predicted octanol–water partition coefficient (Wildman–Crippen LogP) is 3.85.